The minimum atomic E-state index is -0.171. The number of hydrogen-bond acceptors (Lipinski definition) is 3. The number of piperazine rings is 1. The van der Waals surface area contributed by atoms with Crippen molar-refractivity contribution >= 4 is 5.78 Å². The van der Waals surface area contributed by atoms with Crippen molar-refractivity contribution in [2.24, 2.45) is 0 Å². The molecule has 1 atom stereocenters. The van der Waals surface area contributed by atoms with Gasteiger partial charge in [-0.15, -0.1) is 0 Å². The van der Waals surface area contributed by atoms with Crippen LogP contribution in [0.5, 0.6) is 0 Å². The van der Waals surface area contributed by atoms with Gasteiger partial charge in [-0.1, -0.05) is 36.9 Å². The molecule has 3 heteroatoms. The number of rotatable bonds is 4. The maximum absolute atomic E-state index is 12.0. The first-order valence-corrected chi connectivity index (χ1v) is 5.99. The molecule has 2 rings (SSSR count). The van der Waals surface area contributed by atoms with Crippen molar-refractivity contribution in [1.82, 2.24) is 10.2 Å². The minimum Gasteiger partial charge on any atom is -0.314 e. The van der Waals surface area contributed by atoms with E-state index in [2.05, 4.69) is 16.8 Å². The van der Waals surface area contributed by atoms with Crippen molar-refractivity contribution in [3.05, 3.63) is 48.6 Å². The zero-order valence-electron chi connectivity index (χ0n) is 9.93. The van der Waals surface area contributed by atoms with Crippen molar-refractivity contribution in [3.8, 4) is 0 Å². The second kappa shape index (κ2) is 5.75. The zero-order valence-corrected chi connectivity index (χ0v) is 9.93. The fourth-order valence-electron chi connectivity index (χ4n) is 2.24. The summed E-state index contributed by atoms with van der Waals surface area (Å²) in [7, 11) is 0. The van der Waals surface area contributed by atoms with Gasteiger partial charge in [0.2, 0.25) is 0 Å². The highest BCUT2D eigenvalue weighted by molar-refractivity contribution is 5.94. The highest BCUT2D eigenvalue weighted by Crippen LogP contribution is 2.22. The molecular formula is C14H18N2O. The van der Waals surface area contributed by atoms with Gasteiger partial charge in [0.15, 0.2) is 5.78 Å². The Morgan fingerprint density at radius 1 is 1.29 bits per heavy atom. The van der Waals surface area contributed by atoms with Gasteiger partial charge in [0.05, 0.1) is 6.04 Å². The monoisotopic (exact) mass is 230 g/mol. The van der Waals surface area contributed by atoms with Crippen LogP contribution in [0.1, 0.15) is 11.6 Å². The first kappa shape index (κ1) is 12.0. The highest BCUT2D eigenvalue weighted by atomic mass is 16.1. The molecule has 1 saturated heterocycles. The largest absolute Gasteiger partial charge is 0.314 e. The normalized spacial score (nSPS) is 18.6. The Morgan fingerprint density at radius 2 is 1.94 bits per heavy atom. The van der Waals surface area contributed by atoms with Crippen molar-refractivity contribution in [3.63, 3.8) is 0 Å². The van der Waals surface area contributed by atoms with Gasteiger partial charge < -0.3 is 5.32 Å². The van der Waals surface area contributed by atoms with E-state index in [9.17, 15) is 4.79 Å². The number of hydrogen-bond donors (Lipinski definition) is 1. The van der Waals surface area contributed by atoms with Crippen LogP contribution in [0.15, 0.2) is 43.0 Å². The van der Waals surface area contributed by atoms with Crippen LogP contribution in [0, 0.1) is 0 Å². The minimum absolute atomic E-state index is 0.0816. The Morgan fingerprint density at radius 3 is 2.53 bits per heavy atom. The summed E-state index contributed by atoms with van der Waals surface area (Å²) in [6.07, 6.45) is 1.43. The van der Waals surface area contributed by atoms with E-state index in [0.29, 0.717) is 0 Å². The van der Waals surface area contributed by atoms with Crippen molar-refractivity contribution in [2.45, 2.75) is 6.04 Å². The van der Waals surface area contributed by atoms with Crippen LogP contribution in [0.3, 0.4) is 0 Å². The van der Waals surface area contributed by atoms with E-state index in [0.717, 1.165) is 31.7 Å². The first-order chi connectivity index (χ1) is 8.33. The molecule has 90 valence electrons. The molecule has 1 aromatic rings. The van der Waals surface area contributed by atoms with Crippen LogP contribution >= 0.6 is 0 Å². The Bertz CT molecular complexity index is 382. The summed E-state index contributed by atoms with van der Waals surface area (Å²) in [5, 5.41) is 3.30. The summed E-state index contributed by atoms with van der Waals surface area (Å²) in [5.41, 5.74) is 1.05. The molecule has 0 saturated carbocycles. The molecule has 1 aliphatic heterocycles. The fourth-order valence-corrected chi connectivity index (χ4v) is 2.24. The van der Waals surface area contributed by atoms with Gasteiger partial charge >= 0.3 is 0 Å². The fraction of sp³-hybridized carbons (Fsp3) is 0.357. The topological polar surface area (TPSA) is 32.3 Å². The number of benzene rings is 1. The molecule has 0 spiro atoms. The molecule has 1 heterocycles. The Balaban J connectivity index is 2.24. The van der Waals surface area contributed by atoms with Gasteiger partial charge in [0.25, 0.3) is 0 Å². The third-order valence-electron chi connectivity index (χ3n) is 3.10. The summed E-state index contributed by atoms with van der Waals surface area (Å²) < 4.78 is 0. The second-order valence-corrected chi connectivity index (χ2v) is 4.21. The van der Waals surface area contributed by atoms with Crippen LogP contribution < -0.4 is 5.32 Å². The van der Waals surface area contributed by atoms with Crippen LogP contribution in [-0.4, -0.2) is 36.9 Å². The molecule has 0 bridgehead atoms. The summed E-state index contributed by atoms with van der Waals surface area (Å²) >= 11 is 0. The molecule has 1 aromatic carbocycles. The molecule has 0 radical (unpaired) electrons. The summed E-state index contributed by atoms with van der Waals surface area (Å²) in [6, 6.07) is 9.76. The number of ketones is 1. The lowest BCUT2D eigenvalue weighted by Gasteiger charge is -2.33. The Labute approximate surface area is 102 Å². The van der Waals surface area contributed by atoms with Gasteiger partial charge in [-0.05, 0) is 11.6 Å². The third kappa shape index (κ3) is 2.81. The smallest absolute Gasteiger partial charge is 0.176 e. The van der Waals surface area contributed by atoms with Crippen molar-refractivity contribution < 1.29 is 4.79 Å². The molecule has 0 aliphatic carbocycles. The predicted octanol–water partition coefficient (Wildman–Crippen LogP) is 1.39. The molecular weight excluding hydrogens is 212 g/mol. The van der Waals surface area contributed by atoms with E-state index in [1.807, 2.05) is 30.3 Å². The van der Waals surface area contributed by atoms with Crippen LogP contribution in [0.4, 0.5) is 0 Å². The maximum atomic E-state index is 12.0. The molecule has 1 aliphatic rings. The van der Waals surface area contributed by atoms with E-state index >= 15 is 0 Å². The molecule has 1 fully saturated rings. The van der Waals surface area contributed by atoms with Gasteiger partial charge in [0.1, 0.15) is 0 Å². The first-order valence-electron chi connectivity index (χ1n) is 5.99. The lowest BCUT2D eigenvalue weighted by Crippen LogP contribution is -2.46. The van der Waals surface area contributed by atoms with Crippen molar-refractivity contribution in [1.29, 1.82) is 0 Å². The quantitative estimate of drug-likeness (QED) is 0.793. The maximum Gasteiger partial charge on any atom is 0.176 e. The van der Waals surface area contributed by atoms with Gasteiger partial charge in [-0.3, -0.25) is 9.69 Å². The molecule has 0 amide bonds. The van der Waals surface area contributed by atoms with E-state index < -0.39 is 0 Å². The SMILES string of the molecule is C=CC(=O)C(c1ccccc1)N1CCNCC1. The van der Waals surface area contributed by atoms with Crippen LogP contribution in [0.25, 0.3) is 0 Å². The van der Waals surface area contributed by atoms with Gasteiger partial charge in [0, 0.05) is 26.2 Å². The van der Waals surface area contributed by atoms with E-state index in [4.69, 9.17) is 0 Å². The third-order valence-corrected chi connectivity index (χ3v) is 3.10. The average molecular weight is 230 g/mol. The van der Waals surface area contributed by atoms with E-state index in [-0.39, 0.29) is 11.8 Å². The van der Waals surface area contributed by atoms with Crippen LogP contribution in [-0.2, 0) is 4.79 Å². The highest BCUT2D eigenvalue weighted by Gasteiger charge is 2.26. The Kier molecular flexibility index (Phi) is 4.07. The van der Waals surface area contributed by atoms with Gasteiger partial charge in [-0.2, -0.15) is 0 Å². The Hall–Kier alpha value is -1.45. The van der Waals surface area contributed by atoms with E-state index in [1.54, 1.807) is 0 Å². The standard InChI is InChI=1S/C14H18N2O/c1-2-13(17)14(12-6-4-3-5-7-12)16-10-8-15-9-11-16/h2-7,14-15H,1,8-11H2. The number of nitrogens with one attached hydrogen (secondary N) is 1. The number of nitrogens with zero attached hydrogens (tertiary/aromatic N) is 1. The number of carbonyl (C=O) groups excluding carboxylic acids is 1. The van der Waals surface area contributed by atoms with Gasteiger partial charge in [-0.25, -0.2) is 0 Å². The molecule has 1 unspecified atom stereocenters. The second-order valence-electron chi connectivity index (χ2n) is 4.21. The molecule has 3 nitrogen and oxygen atoms in total. The summed E-state index contributed by atoms with van der Waals surface area (Å²) in [5.74, 6) is 0.0816. The van der Waals surface area contributed by atoms with Crippen LogP contribution in [0.2, 0.25) is 0 Å². The summed E-state index contributed by atoms with van der Waals surface area (Å²) in [6.45, 7) is 7.29. The zero-order chi connectivity index (χ0) is 12.1. The van der Waals surface area contributed by atoms with Crippen molar-refractivity contribution in [2.75, 3.05) is 26.2 Å². The lowest BCUT2D eigenvalue weighted by atomic mass is 10.0. The lowest BCUT2D eigenvalue weighted by molar-refractivity contribution is -0.120. The molecule has 0 aromatic heterocycles. The molecule has 1 N–H and O–H groups in total. The predicted molar refractivity (Wildman–Crippen MR) is 68.8 cm³/mol. The molecule has 17 heavy (non-hydrogen) atoms. The summed E-state index contributed by atoms with van der Waals surface area (Å²) in [4.78, 5) is 14.2. The number of carbonyl (C=O) groups is 1. The average Bonchev–Trinajstić information content (AvgIpc) is 2.41. The van der Waals surface area contributed by atoms with E-state index in [1.165, 1.54) is 6.08 Å².